The molecule has 1 aromatic rings. The van der Waals surface area contributed by atoms with Crippen molar-refractivity contribution in [1.29, 1.82) is 5.26 Å². The van der Waals surface area contributed by atoms with Crippen molar-refractivity contribution in [2.75, 3.05) is 19.6 Å². The van der Waals surface area contributed by atoms with E-state index in [2.05, 4.69) is 6.07 Å². The fraction of sp³-hybridized carbons (Fsp3) is 0.571. The van der Waals surface area contributed by atoms with Crippen LogP contribution >= 0.6 is 0 Å². The van der Waals surface area contributed by atoms with Gasteiger partial charge in [-0.25, -0.2) is 8.78 Å². The lowest BCUT2D eigenvalue weighted by Gasteiger charge is -2.38. The smallest absolute Gasteiger partial charge is 0.241 e. The summed E-state index contributed by atoms with van der Waals surface area (Å²) in [6.45, 7) is 3.10. The molecule has 3 aliphatic rings. The average molecular weight is 417 g/mol. The predicted octanol–water partition coefficient (Wildman–Crippen LogP) is 1.15. The molecule has 3 fully saturated rings. The Labute approximate surface area is 174 Å². The number of nitrogens with zero attached hydrogens (tertiary/aromatic N) is 4. The lowest BCUT2D eigenvalue weighted by Crippen LogP contribution is -2.56. The van der Waals surface area contributed by atoms with E-state index >= 15 is 0 Å². The number of likely N-dealkylation sites (tertiary alicyclic amines) is 3. The van der Waals surface area contributed by atoms with Crippen molar-refractivity contribution in [2.45, 2.75) is 56.4 Å². The Morgan fingerprint density at radius 1 is 1.33 bits per heavy atom. The van der Waals surface area contributed by atoms with Gasteiger partial charge in [0.15, 0.2) is 0 Å². The van der Waals surface area contributed by atoms with E-state index in [1.54, 1.807) is 11.8 Å². The van der Waals surface area contributed by atoms with Crippen LogP contribution in [0.15, 0.2) is 18.2 Å². The number of carbonyl (C=O) groups is 2. The van der Waals surface area contributed by atoms with E-state index in [4.69, 9.17) is 5.73 Å². The average Bonchev–Trinajstić information content (AvgIpc) is 3.40. The van der Waals surface area contributed by atoms with E-state index in [-0.39, 0.29) is 30.4 Å². The summed E-state index contributed by atoms with van der Waals surface area (Å²) in [5, 5.41) is 9.19. The number of hydrogen-bond donors (Lipinski definition) is 1. The van der Waals surface area contributed by atoms with E-state index in [9.17, 15) is 23.6 Å². The number of benzene rings is 1. The monoisotopic (exact) mass is 417 g/mol. The van der Waals surface area contributed by atoms with E-state index in [0.29, 0.717) is 31.5 Å². The van der Waals surface area contributed by atoms with Gasteiger partial charge in [-0.2, -0.15) is 5.26 Å². The number of nitriles is 1. The maximum Gasteiger partial charge on any atom is 0.241 e. The zero-order chi connectivity index (χ0) is 21.6. The van der Waals surface area contributed by atoms with Gasteiger partial charge >= 0.3 is 0 Å². The van der Waals surface area contributed by atoms with E-state index in [1.807, 2.05) is 4.90 Å². The molecule has 0 saturated carbocycles. The zero-order valence-corrected chi connectivity index (χ0v) is 16.8. The molecule has 0 spiro atoms. The summed E-state index contributed by atoms with van der Waals surface area (Å²) in [6, 6.07) is 3.30. The van der Waals surface area contributed by atoms with Gasteiger partial charge in [-0.05, 0) is 43.9 Å². The number of fused-ring (bicyclic) bond motifs is 2. The van der Waals surface area contributed by atoms with Gasteiger partial charge in [0.25, 0.3) is 0 Å². The maximum absolute atomic E-state index is 13.6. The minimum atomic E-state index is -0.797. The molecular formula is C21H25F2N5O2. The summed E-state index contributed by atoms with van der Waals surface area (Å²) in [5.74, 6) is -1.71. The molecule has 30 heavy (non-hydrogen) atoms. The fourth-order valence-electron chi connectivity index (χ4n) is 5.08. The summed E-state index contributed by atoms with van der Waals surface area (Å²) in [5.41, 5.74) is 6.56. The highest BCUT2D eigenvalue weighted by Crippen LogP contribution is 2.38. The number of hydrogen-bond acceptors (Lipinski definition) is 5. The molecule has 3 heterocycles. The van der Waals surface area contributed by atoms with Crippen LogP contribution in [0.25, 0.3) is 0 Å². The number of amides is 2. The first kappa shape index (κ1) is 20.7. The van der Waals surface area contributed by atoms with Crippen LogP contribution in [0, 0.1) is 23.0 Å². The number of piperazine rings is 1. The van der Waals surface area contributed by atoms with Gasteiger partial charge in [-0.3, -0.25) is 14.5 Å². The fourth-order valence-corrected chi connectivity index (χ4v) is 5.08. The predicted molar refractivity (Wildman–Crippen MR) is 104 cm³/mol. The second-order valence-corrected chi connectivity index (χ2v) is 8.41. The molecule has 9 heteroatoms. The first-order valence-electron chi connectivity index (χ1n) is 10.3. The highest BCUT2D eigenvalue weighted by atomic mass is 19.1. The van der Waals surface area contributed by atoms with Crippen LogP contribution in [0.1, 0.15) is 37.8 Å². The van der Waals surface area contributed by atoms with Crippen LogP contribution < -0.4 is 5.73 Å². The first-order chi connectivity index (χ1) is 14.3. The van der Waals surface area contributed by atoms with Crippen molar-refractivity contribution in [3.05, 3.63) is 35.4 Å². The van der Waals surface area contributed by atoms with Crippen molar-refractivity contribution >= 4 is 11.8 Å². The summed E-state index contributed by atoms with van der Waals surface area (Å²) in [6.07, 6.45) is 2.05. The Morgan fingerprint density at radius 3 is 2.67 bits per heavy atom. The molecular weight excluding hydrogens is 392 g/mol. The zero-order valence-electron chi connectivity index (χ0n) is 16.8. The van der Waals surface area contributed by atoms with Gasteiger partial charge in [0, 0.05) is 31.7 Å². The number of rotatable bonds is 5. The number of carbonyl (C=O) groups excluding carboxylic acids is 2. The third-order valence-corrected chi connectivity index (χ3v) is 6.53. The quantitative estimate of drug-likeness (QED) is 0.776. The van der Waals surface area contributed by atoms with Crippen molar-refractivity contribution in [3.63, 3.8) is 0 Å². The molecule has 0 aromatic heterocycles. The van der Waals surface area contributed by atoms with Crippen LogP contribution in [-0.2, 0) is 9.59 Å². The normalized spacial score (nSPS) is 28.1. The van der Waals surface area contributed by atoms with Crippen molar-refractivity contribution in [1.82, 2.24) is 14.7 Å². The molecule has 7 nitrogen and oxygen atoms in total. The molecule has 2 amide bonds. The first-order valence-corrected chi connectivity index (χ1v) is 10.3. The molecule has 2 N–H and O–H groups in total. The molecule has 2 unspecified atom stereocenters. The van der Waals surface area contributed by atoms with Crippen LogP contribution in [0.4, 0.5) is 8.78 Å². The van der Waals surface area contributed by atoms with Crippen molar-refractivity contribution in [3.8, 4) is 6.07 Å². The molecule has 2 bridgehead atoms. The van der Waals surface area contributed by atoms with Crippen LogP contribution in [0.2, 0.25) is 0 Å². The lowest BCUT2D eigenvalue weighted by molar-refractivity contribution is -0.141. The second-order valence-electron chi connectivity index (χ2n) is 8.41. The van der Waals surface area contributed by atoms with E-state index in [0.717, 1.165) is 12.5 Å². The summed E-state index contributed by atoms with van der Waals surface area (Å²) in [7, 11) is 0. The third-order valence-electron chi connectivity index (χ3n) is 6.53. The maximum atomic E-state index is 13.6. The van der Waals surface area contributed by atoms with Crippen molar-refractivity contribution in [2.24, 2.45) is 5.73 Å². The van der Waals surface area contributed by atoms with Gasteiger partial charge in [-0.15, -0.1) is 0 Å². The molecule has 0 aliphatic carbocycles. The SMILES string of the molecule is C[C@@H](c1cc(F)cc(F)c1)N1C(=O)[C@@H]2CC1CN2C[C@H](N)C(=O)N1CCCC1C#N. The molecule has 4 rings (SSSR count). The minimum absolute atomic E-state index is 0.0928. The topological polar surface area (TPSA) is 93.7 Å². The van der Waals surface area contributed by atoms with Crippen LogP contribution in [0.5, 0.6) is 0 Å². The van der Waals surface area contributed by atoms with Gasteiger partial charge < -0.3 is 15.5 Å². The number of nitrogens with two attached hydrogens (primary N) is 1. The number of halogens is 2. The summed E-state index contributed by atoms with van der Waals surface area (Å²) in [4.78, 5) is 30.8. The summed E-state index contributed by atoms with van der Waals surface area (Å²) >= 11 is 0. The molecule has 3 aliphatic heterocycles. The highest BCUT2D eigenvalue weighted by Gasteiger charge is 2.51. The van der Waals surface area contributed by atoms with Gasteiger partial charge in [0.1, 0.15) is 17.7 Å². The molecule has 160 valence electrons. The standard InChI is InChI=1S/C21H25F2N5O2/c1-12(13-5-14(22)7-15(23)6-13)28-17-8-19(21(28)30)26(10-17)11-18(25)20(29)27-4-2-3-16(27)9-24/h5-7,12,16-19H,2-4,8,10-11,25H2,1H3/t12-,16?,17?,18-,19-/m0/s1. The Bertz CT molecular complexity index is 884. The molecule has 1 aromatic carbocycles. The molecule has 0 radical (unpaired) electrons. The van der Waals surface area contributed by atoms with Gasteiger partial charge in [0.2, 0.25) is 11.8 Å². The highest BCUT2D eigenvalue weighted by molar-refractivity contribution is 5.87. The Balaban J connectivity index is 1.41. The molecule has 5 atom stereocenters. The van der Waals surface area contributed by atoms with Gasteiger partial charge in [-0.1, -0.05) is 0 Å². The minimum Gasteiger partial charge on any atom is -0.330 e. The second kappa shape index (κ2) is 7.93. The van der Waals surface area contributed by atoms with Crippen molar-refractivity contribution < 1.29 is 18.4 Å². The van der Waals surface area contributed by atoms with Gasteiger partial charge in [0.05, 0.1) is 24.2 Å². The third kappa shape index (κ3) is 3.55. The van der Waals surface area contributed by atoms with Crippen LogP contribution in [0.3, 0.4) is 0 Å². The molecule has 3 saturated heterocycles. The lowest BCUT2D eigenvalue weighted by atomic mass is 10.0. The van der Waals surface area contributed by atoms with E-state index in [1.165, 1.54) is 17.0 Å². The Morgan fingerprint density at radius 2 is 2.03 bits per heavy atom. The largest absolute Gasteiger partial charge is 0.330 e. The Hall–Kier alpha value is -2.57. The Kier molecular flexibility index (Phi) is 5.47. The van der Waals surface area contributed by atoms with E-state index < -0.39 is 29.8 Å². The van der Waals surface area contributed by atoms with Crippen LogP contribution in [-0.4, -0.2) is 70.3 Å². The summed E-state index contributed by atoms with van der Waals surface area (Å²) < 4.78 is 27.2.